The van der Waals surface area contributed by atoms with Gasteiger partial charge in [-0.15, -0.1) is 0 Å². The predicted molar refractivity (Wildman–Crippen MR) is 143 cm³/mol. The molecule has 2 rings (SSSR count). The summed E-state index contributed by atoms with van der Waals surface area (Å²) in [6, 6.07) is 15.0. The Hall–Kier alpha value is -2.07. The summed E-state index contributed by atoms with van der Waals surface area (Å²) < 4.78 is 6.27. The van der Waals surface area contributed by atoms with Gasteiger partial charge in [-0.2, -0.15) is 0 Å². The molecule has 0 heterocycles. The molecule has 0 amide bonds. The molecule has 0 aliphatic heterocycles. The van der Waals surface area contributed by atoms with Crippen molar-refractivity contribution in [3.05, 3.63) is 59.2 Å². The normalized spacial score (nSPS) is 11.8. The molecule has 176 valence electrons. The minimum absolute atomic E-state index is 0.0877. The largest absolute Gasteiger partial charge is 0.493 e. The third kappa shape index (κ3) is 7.51. The van der Waals surface area contributed by atoms with E-state index in [1.165, 1.54) is 16.7 Å². The second-order valence-corrected chi connectivity index (χ2v) is 10.4. The van der Waals surface area contributed by atoms with Gasteiger partial charge in [-0.3, -0.25) is 0 Å². The van der Waals surface area contributed by atoms with E-state index >= 15 is 0 Å². The zero-order valence-electron chi connectivity index (χ0n) is 21.1. The molecule has 32 heavy (non-hydrogen) atoms. The molecule has 0 bridgehead atoms. The number of unbranched alkanes of at least 4 members (excludes halogenated alkanes) is 1. The van der Waals surface area contributed by atoms with Crippen LogP contribution in [0.3, 0.4) is 0 Å². The fraction of sp³-hybridized carbons (Fsp3) is 0.536. The highest BCUT2D eigenvalue weighted by Crippen LogP contribution is 2.38. The molecule has 0 radical (unpaired) electrons. The van der Waals surface area contributed by atoms with Crippen molar-refractivity contribution in [3.8, 4) is 5.75 Å². The first kappa shape index (κ1) is 26.2. The Labute approximate surface area is 201 Å². The number of hydrogen-bond acceptors (Lipinski definition) is 2. The van der Waals surface area contributed by atoms with Crippen LogP contribution in [0, 0.1) is 6.92 Å². The number of benzene rings is 2. The molecule has 0 saturated carbocycles. The molecule has 0 unspecified atom stereocenters. The van der Waals surface area contributed by atoms with Crippen molar-refractivity contribution in [2.45, 2.75) is 85.0 Å². The lowest BCUT2D eigenvalue weighted by Gasteiger charge is -2.30. The summed E-state index contributed by atoms with van der Waals surface area (Å²) in [5.41, 5.74) is 5.21. The van der Waals surface area contributed by atoms with Gasteiger partial charge in [-0.1, -0.05) is 65.8 Å². The van der Waals surface area contributed by atoms with Gasteiger partial charge in [-0.25, -0.2) is 0 Å². The molecular formula is C28H42N2OS. The van der Waals surface area contributed by atoms with Gasteiger partial charge in [-0.05, 0) is 85.0 Å². The standard InChI is InChI=1S/C28H42N2OS/c1-8-27(4,5)22-15-16-25(24(20-22)28(6,7)9-2)31-18-11-10-17-29-26(32)30-23-14-12-13-21(3)19-23/h12-16,19-20H,8-11,17-18H2,1-7H3,(H2,29,30,32). The van der Waals surface area contributed by atoms with Crippen molar-refractivity contribution in [3.63, 3.8) is 0 Å². The molecule has 0 atom stereocenters. The monoisotopic (exact) mass is 454 g/mol. The van der Waals surface area contributed by atoms with E-state index in [2.05, 4.69) is 89.4 Å². The lowest BCUT2D eigenvalue weighted by molar-refractivity contribution is 0.296. The Balaban J connectivity index is 1.86. The second-order valence-electron chi connectivity index (χ2n) is 9.99. The van der Waals surface area contributed by atoms with Crippen LogP contribution < -0.4 is 15.4 Å². The Morgan fingerprint density at radius 2 is 1.66 bits per heavy atom. The van der Waals surface area contributed by atoms with E-state index in [0.717, 1.165) is 43.7 Å². The smallest absolute Gasteiger partial charge is 0.170 e. The van der Waals surface area contributed by atoms with Crippen LogP contribution in [0.5, 0.6) is 5.75 Å². The van der Waals surface area contributed by atoms with Gasteiger partial charge in [0.1, 0.15) is 5.75 Å². The van der Waals surface area contributed by atoms with Crippen LogP contribution in [-0.2, 0) is 10.8 Å². The third-order valence-electron chi connectivity index (χ3n) is 6.65. The number of thiocarbonyl (C=S) groups is 1. The predicted octanol–water partition coefficient (Wildman–Crippen LogP) is 7.52. The van der Waals surface area contributed by atoms with E-state index in [0.29, 0.717) is 11.7 Å². The number of nitrogens with one attached hydrogen (secondary N) is 2. The lowest BCUT2D eigenvalue weighted by Crippen LogP contribution is -2.29. The maximum atomic E-state index is 6.27. The molecule has 2 aromatic rings. The van der Waals surface area contributed by atoms with Crippen LogP contribution in [-0.4, -0.2) is 18.3 Å². The second kappa shape index (κ2) is 11.7. The SMILES string of the molecule is CCC(C)(C)c1ccc(OCCCCNC(=S)Nc2cccc(C)c2)c(C(C)(C)CC)c1. The highest BCUT2D eigenvalue weighted by Gasteiger charge is 2.26. The van der Waals surface area contributed by atoms with E-state index in [-0.39, 0.29) is 10.8 Å². The van der Waals surface area contributed by atoms with E-state index in [1.54, 1.807) is 0 Å². The molecule has 0 aliphatic carbocycles. The molecular weight excluding hydrogens is 412 g/mol. The van der Waals surface area contributed by atoms with Crippen molar-refractivity contribution in [2.24, 2.45) is 0 Å². The lowest BCUT2D eigenvalue weighted by atomic mass is 9.76. The van der Waals surface area contributed by atoms with Gasteiger partial charge in [0.15, 0.2) is 5.11 Å². The van der Waals surface area contributed by atoms with Crippen molar-refractivity contribution >= 4 is 23.0 Å². The zero-order chi connectivity index (χ0) is 23.8. The summed E-state index contributed by atoms with van der Waals surface area (Å²) in [7, 11) is 0. The van der Waals surface area contributed by atoms with E-state index in [4.69, 9.17) is 17.0 Å². The summed E-state index contributed by atoms with van der Waals surface area (Å²) in [6.07, 6.45) is 4.18. The molecule has 0 fully saturated rings. The van der Waals surface area contributed by atoms with Gasteiger partial charge in [0.05, 0.1) is 6.61 Å². The Morgan fingerprint density at radius 3 is 2.31 bits per heavy atom. The zero-order valence-corrected chi connectivity index (χ0v) is 21.9. The molecule has 2 N–H and O–H groups in total. The number of hydrogen-bond donors (Lipinski definition) is 2. The minimum Gasteiger partial charge on any atom is -0.493 e. The van der Waals surface area contributed by atoms with Crippen LogP contribution in [0.25, 0.3) is 0 Å². The fourth-order valence-corrected chi connectivity index (χ4v) is 3.73. The van der Waals surface area contributed by atoms with Crippen LogP contribution in [0.2, 0.25) is 0 Å². The number of rotatable bonds is 11. The van der Waals surface area contributed by atoms with Gasteiger partial charge in [0.2, 0.25) is 0 Å². The summed E-state index contributed by atoms with van der Waals surface area (Å²) in [4.78, 5) is 0. The summed E-state index contributed by atoms with van der Waals surface area (Å²) in [5.74, 6) is 1.03. The molecule has 0 saturated heterocycles. The topological polar surface area (TPSA) is 33.3 Å². The van der Waals surface area contributed by atoms with Gasteiger partial charge < -0.3 is 15.4 Å². The number of aryl methyl sites for hydroxylation is 1. The average Bonchev–Trinajstić information content (AvgIpc) is 2.76. The first-order chi connectivity index (χ1) is 15.1. The van der Waals surface area contributed by atoms with Gasteiger partial charge in [0, 0.05) is 17.8 Å². The summed E-state index contributed by atoms with van der Waals surface area (Å²) in [5, 5.41) is 7.20. The van der Waals surface area contributed by atoms with Crippen molar-refractivity contribution < 1.29 is 4.74 Å². The third-order valence-corrected chi connectivity index (χ3v) is 6.89. The highest BCUT2D eigenvalue weighted by molar-refractivity contribution is 7.80. The molecule has 0 aromatic heterocycles. The number of anilines is 1. The minimum atomic E-state index is 0.0877. The van der Waals surface area contributed by atoms with Crippen molar-refractivity contribution in [1.29, 1.82) is 0 Å². The van der Waals surface area contributed by atoms with E-state index in [9.17, 15) is 0 Å². The van der Waals surface area contributed by atoms with Crippen LogP contribution in [0.15, 0.2) is 42.5 Å². The molecule has 0 spiro atoms. The quantitative estimate of drug-likeness (QED) is 0.272. The molecule has 0 aliphatic rings. The summed E-state index contributed by atoms with van der Waals surface area (Å²) >= 11 is 5.40. The fourth-order valence-electron chi connectivity index (χ4n) is 3.51. The number of ether oxygens (including phenoxy) is 1. The average molecular weight is 455 g/mol. The van der Waals surface area contributed by atoms with Crippen LogP contribution in [0.1, 0.15) is 83.9 Å². The Kier molecular flexibility index (Phi) is 9.57. The molecule has 3 nitrogen and oxygen atoms in total. The molecule has 4 heteroatoms. The van der Waals surface area contributed by atoms with Crippen molar-refractivity contribution in [2.75, 3.05) is 18.5 Å². The highest BCUT2D eigenvalue weighted by atomic mass is 32.1. The molecule has 2 aromatic carbocycles. The van der Waals surface area contributed by atoms with E-state index < -0.39 is 0 Å². The van der Waals surface area contributed by atoms with Crippen LogP contribution >= 0.6 is 12.2 Å². The van der Waals surface area contributed by atoms with Gasteiger partial charge in [0.25, 0.3) is 0 Å². The Bertz CT molecular complexity index is 889. The first-order valence-electron chi connectivity index (χ1n) is 12.0. The van der Waals surface area contributed by atoms with E-state index in [1.807, 2.05) is 12.1 Å². The summed E-state index contributed by atoms with van der Waals surface area (Å²) in [6.45, 7) is 17.4. The maximum Gasteiger partial charge on any atom is 0.170 e. The van der Waals surface area contributed by atoms with Crippen LogP contribution in [0.4, 0.5) is 5.69 Å². The first-order valence-corrected chi connectivity index (χ1v) is 12.4. The Morgan fingerprint density at radius 1 is 0.938 bits per heavy atom. The maximum absolute atomic E-state index is 6.27. The van der Waals surface area contributed by atoms with Crippen molar-refractivity contribution in [1.82, 2.24) is 5.32 Å². The van der Waals surface area contributed by atoms with Gasteiger partial charge >= 0.3 is 0 Å².